The highest BCUT2D eigenvalue weighted by atomic mass is 16.5. The Hall–Kier alpha value is -1.76. The van der Waals surface area contributed by atoms with E-state index >= 15 is 0 Å². The highest BCUT2D eigenvalue weighted by Crippen LogP contribution is 2.27. The smallest absolute Gasteiger partial charge is 0.127 e. The highest BCUT2D eigenvalue weighted by Gasteiger charge is 2.05. The van der Waals surface area contributed by atoms with Crippen molar-refractivity contribution in [2.75, 3.05) is 0 Å². The molecule has 0 atom stereocenters. The van der Waals surface area contributed by atoms with E-state index in [-0.39, 0.29) is 0 Å². The fraction of sp³-hybridized carbons (Fsp3) is 0.400. The predicted octanol–water partition coefficient (Wildman–Crippen LogP) is 5.73. The molecule has 2 aromatic rings. The van der Waals surface area contributed by atoms with E-state index in [0.29, 0.717) is 0 Å². The molecule has 0 unspecified atom stereocenters. The van der Waals surface area contributed by atoms with Gasteiger partial charge in [-0.1, -0.05) is 39.8 Å². The Morgan fingerprint density at radius 1 is 0.571 bits per heavy atom. The van der Waals surface area contributed by atoms with Crippen molar-refractivity contribution in [3.63, 3.8) is 0 Å². The number of benzene rings is 2. The first-order chi connectivity index (χ1) is 10.2. The van der Waals surface area contributed by atoms with Crippen LogP contribution >= 0.6 is 0 Å². The van der Waals surface area contributed by atoms with E-state index in [1.807, 2.05) is 0 Å². The first-order valence-corrected chi connectivity index (χ1v) is 8.13. The van der Waals surface area contributed by atoms with E-state index in [2.05, 4.69) is 64.1 Å². The number of hydrogen-bond acceptors (Lipinski definition) is 1. The molecule has 0 heterocycles. The first kappa shape index (κ1) is 15.6. The number of ether oxygens (including phenoxy) is 1. The zero-order valence-corrected chi connectivity index (χ0v) is 13.7. The van der Waals surface area contributed by atoms with E-state index in [1.165, 1.54) is 22.3 Å². The first-order valence-electron chi connectivity index (χ1n) is 8.13. The fourth-order valence-electron chi connectivity index (χ4n) is 2.82. The lowest BCUT2D eigenvalue weighted by Gasteiger charge is -2.12. The molecular formula is C20H26O. The standard InChI is InChI=1S/C20H26O/c1-5-15-9-11-19(13-17(15)7-3)21-20-12-10-16(6-2)18(8-4)14-20/h9-14H,5-8H2,1-4H3. The lowest BCUT2D eigenvalue weighted by atomic mass is 10.0. The third kappa shape index (κ3) is 3.66. The predicted molar refractivity (Wildman–Crippen MR) is 90.5 cm³/mol. The van der Waals surface area contributed by atoms with Gasteiger partial charge in [0.2, 0.25) is 0 Å². The molecule has 0 saturated carbocycles. The van der Waals surface area contributed by atoms with Crippen LogP contribution in [-0.4, -0.2) is 0 Å². The minimum absolute atomic E-state index is 0.940. The van der Waals surface area contributed by atoms with Crippen molar-refractivity contribution in [2.24, 2.45) is 0 Å². The molecule has 0 aliphatic rings. The van der Waals surface area contributed by atoms with Crippen LogP contribution < -0.4 is 4.74 Å². The van der Waals surface area contributed by atoms with Gasteiger partial charge in [-0.25, -0.2) is 0 Å². The largest absolute Gasteiger partial charge is 0.457 e. The molecule has 0 amide bonds. The lowest BCUT2D eigenvalue weighted by Crippen LogP contribution is -1.95. The number of aryl methyl sites for hydroxylation is 4. The summed E-state index contributed by atoms with van der Waals surface area (Å²) in [5.74, 6) is 1.88. The molecule has 0 fully saturated rings. The van der Waals surface area contributed by atoms with Crippen LogP contribution in [0.4, 0.5) is 0 Å². The van der Waals surface area contributed by atoms with Crippen molar-refractivity contribution >= 4 is 0 Å². The average molecular weight is 282 g/mol. The van der Waals surface area contributed by atoms with Gasteiger partial charge >= 0.3 is 0 Å². The van der Waals surface area contributed by atoms with Gasteiger partial charge in [-0.15, -0.1) is 0 Å². The number of hydrogen-bond donors (Lipinski definition) is 0. The summed E-state index contributed by atoms with van der Waals surface area (Å²) >= 11 is 0. The van der Waals surface area contributed by atoms with Crippen LogP contribution in [0.25, 0.3) is 0 Å². The van der Waals surface area contributed by atoms with E-state index in [4.69, 9.17) is 4.74 Å². The van der Waals surface area contributed by atoms with Crippen molar-refractivity contribution in [1.82, 2.24) is 0 Å². The van der Waals surface area contributed by atoms with Gasteiger partial charge in [0.25, 0.3) is 0 Å². The van der Waals surface area contributed by atoms with Gasteiger partial charge in [-0.3, -0.25) is 0 Å². The molecule has 0 saturated heterocycles. The van der Waals surface area contributed by atoms with E-state index in [1.54, 1.807) is 0 Å². The zero-order chi connectivity index (χ0) is 15.2. The summed E-state index contributed by atoms with van der Waals surface area (Å²) in [6, 6.07) is 12.9. The molecule has 0 radical (unpaired) electrons. The molecule has 112 valence electrons. The molecule has 2 rings (SSSR count). The molecule has 1 heteroatoms. The van der Waals surface area contributed by atoms with Crippen molar-refractivity contribution in [1.29, 1.82) is 0 Å². The highest BCUT2D eigenvalue weighted by molar-refractivity contribution is 5.41. The second-order valence-corrected chi connectivity index (χ2v) is 5.38. The Kier molecular flexibility index (Phi) is 5.44. The summed E-state index contributed by atoms with van der Waals surface area (Å²) < 4.78 is 6.06. The maximum atomic E-state index is 6.06. The van der Waals surface area contributed by atoms with E-state index < -0.39 is 0 Å². The van der Waals surface area contributed by atoms with Crippen LogP contribution in [0, 0.1) is 0 Å². The zero-order valence-electron chi connectivity index (χ0n) is 13.7. The third-order valence-corrected chi connectivity index (χ3v) is 4.11. The van der Waals surface area contributed by atoms with Gasteiger partial charge in [0.15, 0.2) is 0 Å². The lowest BCUT2D eigenvalue weighted by molar-refractivity contribution is 0.481. The molecule has 0 aromatic heterocycles. The third-order valence-electron chi connectivity index (χ3n) is 4.11. The van der Waals surface area contributed by atoms with Gasteiger partial charge in [0.1, 0.15) is 11.5 Å². The Balaban J connectivity index is 2.25. The molecular weight excluding hydrogens is 256 g/mol. The molecule has 0 bridgehead atoms. The van der Waals surface area contributed by atoms with Crippen LogP contribution in [0.5, 0.6) is 11.5 Å². The van der Waals surface area contributed by atoms with Crippen LogP contribution in [0.15, 0.2) is 36.4 Å². The summed E-state index contributed by atoms with van der Waals surface area (Å²) in [5, 5.41) is 0. The average Bonchev–Trinajstić information content (AvgIpc) is 2.54. The molecule has 1 nitrogen and oxygen atoms in total. The van der Waals surface area contributed by atoms with Gasteiger partial charge < -0.3 is 4.74 Å². The maximum Gasteiger partial charge on any atom is 0.127 e. The molecule has 0 aliphatic heterocycles. The van der Waals surface area contributed by atoms with Crippen LogP contribution in [0.2, 0.25) is 0 Å². The van der Waals surface area contributed by atoms with E-state index in [9.17, 15) is 0 Å². The van der Waals surface area contributed by atoms with Crippen LogP contribution in [0.3, 0.4) is 0 Å². The van der Waals surface area contributed by atoms with Crippen molar-refractivity contribution in [2.45, 2.75) is 53.4 Å². The second-order valence-electron chi connectivity index (χ2n) is 5.38. The van der Waals surface area contributed by atoms with Crippen molar-refractivity contribution < 1.29 is 4.74 Å². The quantitative estimate of drug-likeness (QED) is 0.657. The molecule has 2 aromatic carbocycles. The Labute approximate surface area is 129 Å². The van der Waals surface area contributed by atoms with Gasteiger partial charge in [0, 0.05) is 0 Å². The Bertz CT molecular complexity index is 545. The fourth-order valence-corrected chi connectivity index (χ4v) is 2.82. The normalized spacial score (nSPS) is 10.7. The monoisotopic (exact) mass is 282 g/mol. The summed E-state index contributed by atoms with van der Waals surface area (Å²) in [4.78, 5) is 0. The summed E-state index contributed by atoms with van der Waals surface area (Å²) in [5.41, 5.74) is 5.60. The molecule has 0 N–H and O–H groups in total. The van der Waals surface area contributed by atoms with E-state index in [0.717, 1.165) is 37.2 Å². The van der Waals surface area contributed by atoms with Gasteiger partial charge in [0.05, 0.1) is 0 Å². The number of rotatable bonds is 6. The van der Waals surface area contributed by atoms with Crippen molar-refractivity contribution in [3.05, 3.63) is 58.7 Å². The second kappa shape index (κ2) is 7.31. The van der Waals surface area contributed by atoms with Gasteiger partial charge in [-0.05, 0) is 72.2 Å². The Morgan fingerprint density at radius 2 is 0.952 bits per heavy atom. The molecule has 0 aliphatic carbocycles. The van der Waals surface area contributed by atoms with Crippen LogP contribution in [-0.2, 0) is 25.7 Å². The minimum Gasteiger partial charge on any atom is -0.457 e. The van der Waals surface area contributed by atoms with Gasteiger partial charge in [-0.2, -0.15) is 0 Å². The summed E-state index contributed by atoms with van der Waals surface area (Å²) in [7, 11) is 0. The maximum absolute atomic E-state index is 6.06. The minimum atomic E-state index is 0.940. The summed E-state index contributed by atoms with van der Waals surface area (Å²) in [6.45, 7) is 8.80. The summed E-state index contributed by atoms with van der Waals surface area (Å²) in [6.07, 6.45) is 4.26. The topological polar surface area (TPSA) is 9.23 Å². The molecule has 21 heavy (non-hydrogen) atoms. The molecule has 0 spiro atoms. The van der Waals surface area contributed by atoms with Crippen molar-refractivity contribution in [3.8, 4) is 11.5 Å². The Morgan fingerprint density at radius 3 is 1.29 bits per heavy atom. The van der Waals surface area contributed by atoms with Crippen LogP contribution in [0.1, 0.15) is 49.9 Å². The SMILES string of the molecule is CCc1ccc(Oc2ccc(CC)c(CC)c2)cc1CC.